The van der Waals surface area contributed by atoms with Crippen molar-refractivity contribution in [2.24, 2.45) is 7.05 Å². The number of nitrogens with one attached hydrogen (secondary N) is 1. The standard InChI is InChI=1S/C17H22N4O3/c1-17(2)11-21(16(22)19-13-8-18-20(3)10-13)9-12-5-6-14(23-4)7-15(12)24-17/h5-8,10H,9,11H2,1-4H3,(H,19,22). The van der Waals surface area contributed by atoms with Gasteiger partial charge in [0.1, 0.15) is 17.1 Å². The van der Waals surface area contributed by atoms with Crippen LogP contribution in [0.2, 0.25) is 0 Å². The lowest BCUT2D eigenvalue weighted by atomic mass is 10.1. The van der Waals surface area contributed by atoms with Crippen LogP contribution in [0.3, 0.4) is 0 Å². The predicted molar refractivity (Wildman–Crippen MR) is 90.3 cm³/mol. The number of fused-ring (bicyclic) bond motifs is 1. The highest BCUT2D eigenvalue weighted by molar-refractivity contribution is 5.89. The minimum absolute atomic E-state index is 0.177. The van der Waals surface area contributed by atoms with Gasteiger partial charge in [0.25, 0.3) is 0 Å². The zero-order valence-corrected chi connectivity index (χ0v) is 14.4. The first-order valence-corrected chi connectivity index (χ1v) is 7.77. The number of amides is 2. The van der Waals surface area contributed by atoms with E-state index in [9.17, 15) is 4.79 Å². The van der Waals surface area contributed by atoms with Gasteiger partial charge in [-0.15, -0.1) is 0 Å². The van der Waals surface area contributed by atoms with Crippen molar-refractivity contribution in [3.05, 3.63) is 36.2 Å². The minimum Gasteiger partial charge on any atom is -0.497 e. The van der Waals surface area contributed by atoms with E-state index in [2.05, 4.69) is 10.4 Å². The lowest BCUT2D eigenvalue weighted by Gasteiger charge is -2.29. The van der Waals surface area contributed by atoms with Gasteiger partial charge in [-0.3, -0.25) is 4.68 Å². The third kappa shape index (κ3) is 3.45. The van der Waals surface area contributed by atoms with E-state index in [0.29, 0.717) is 18.8 Å². The number of benzene rings is 1. The first kappa shape index (κ1) is 16.2. The van der Waals surface area contributed by atoms with E-state index in [0.717, 1.165) is 17.1 Å². The van der Waals surface area contributed by atoms with Crippen LogP contribution in [0.5, 0.6) is 11.5 Å². The molecule has 0 radical (unpaired) electrons. The van der Waals surface area contributed by atoms with Gasteiger partial charge in [0.15, 0.2) is 0 Å². The molecule has 2 heterocycles. The molecule has 2 amide bonds. The number of urea groups is 1. The second-order valence-corrected chi connectivity index (χ2v) is 6.52. The average molecular weight is 330 g/mol. The van der Waals surface area contributed by atoms with Gasteiger partial charge >= 0.3 is 6.03 Å². The fourth-order valence-corrected chi connectivity index (χ4v) is 2.77. The number of carbonyl (C=O) groups excluding carboxylic acids is 1. The summed E-state index contributed by atoms with van der Waals surface area (Å²) >= 11 is 0. The molecule has 24 heavy (non-hydrogen) atoms. The number of hydrogen-bond donors (Lipinski definition) is 1. The number of carbonyl (C=O) groups is 1. The van der Waals surface area contributed by atoms with Crippen LogP contribution in [0, 0.1) is 0 Å². The minimum atomic E-state index is -0.510. The van der Waals surface area contributed by atoms with Gasteiger partial charge in [-0.05, 0) is 26.0 Å². The molecule has 7 heteroatoms. The maximum absolute atomic E-state index is 12.6. The second-order valence-electron chi connectivity index (χ2n) is 6.52. The number of rotatable bonds is 2. The molecule has 3 rings (SSSR count). The highest BCUT2D eigenvalue weighted by atomic mass is 16.5. The molecule has 0 aliphatic carbocycles. The van der Waals surface area contributed by atoms with Crippen LogP contribution in [0.1, 0.15) is 19.4 Å². The van der Waals surface area contributed by atoms with Crippen molar-refractivity contribution in [2.75, 3.05) is 19.0 Å². The van der Waals surface area contributed by atoms with Crippen LogP contribution in [-0.4, -0.2) is 40.0 Å². The summed E-state index contributed by atoms with van der Waals surface area (Å²) in [5.41, 5.74) is 1.10. The highest BCUT2D eigenvalue weighted by Gasteiger charge is 2.32. The van der Waals surface area contributed by atoms with Gasteiger partial charge in [-0.2, -0.15) is 5.10 Å². The van der Waals surface area contributed by atoms with E-state index in [4.69, 9.17) is 9.47 Å². The number of anilines is 1. The Bertz CT molecular complexity index is 754. The van der Waals surface area contributed by atoms with Gasteiger partial charge in [-0.25, -0.2) is 4.79 Å². The molecular formula is C17H22N4O3. The maximum atomic E-state index is 12.6. The van der Waals surface area contributed by atoms with Crippen LogP contribution in [0.4, 0.5) is 10.5 Å². The summed E-state index contributed by atoms with van der Waals surface area (Å²) in [6.07, 6.45) is 3.38. The van der Waals surface area contributed by atoms with Gasteiger partial charge in [-0.1, -0.05) is 0 Å². The number of ether oxygens (including phenoxy) is 2. The van der Waals surface area contributed by atoms with Crippen LogP contribution in [0.25, 0.3) is 0 Å². The molecule has 2 aromatic rings. The lowest BCUT2D eigenvalue weighted by molar-refractivity contribution is 0.0833. The molecule has 0 saturated heterocycles. The Morgan fingerprint density at radius 1 is 1.42 bits per heavy atom. The van der Waals surface area contributed by atoms with E-state index < -0.39 is 5.60 Å². The first-order chi connectivity index (χ1) is 11.4. The monoisotopic (exact) mass is 330 g/mol. The zero-order valence-electron chi connectivity index (χ0n) is 14.4. The molecule has 0 bridgehead atoms. The highest BCUT2D eigenvalue weighted by Crippen LogP contribution is 2.32. The molecule has 1 aromatic carbocycles. The van der Waals surface area contributed by atoms with E-state index in [-0.39, 0.29) is 6.03 Å². The summed E-state index contributed by atoms with van der Waals surface area (Å²) in [5, 5.41) is 6.94. The van der Waals surface area contributed by atoms with Gasteiger partial charge in [0.05, 0.1) is 32.1 Å². The van der Waals surface area contributed by atoms with E-state index in [1.807, 2.05) is 39.1 Å². The van der Waals surface area contributed by atoms with Gasteiger partial charge in [0, 0.05) is 24.9 Å². The Kier molecular flexibility index (Phi) is 4.09. The number of aromatic nitrogens is 2. The number of methoxy groups -OCH3 is 1. The number of aryl methyl sites for hydroxylation is 1. The maximum Gasteiger partial charge on any atom is 0.322 e. The summed E-state index contributed by atoms with van der Waals surface area (Å²) in [4.78, 5) is 14.4. The van der Waals surface area contributed by atoms with Crippen molar-refractivity contribution in [3.63, 3.8) is 0 Å². The molecule has 1 N–H and O–H groups in total. The van der Waals surface area contributed by atoms with E-state index in [1.54, 1.807) is 29.1 Å². The fourth-order valence-electron chi connectivity index (χ4n) is 2.77. The first-order valence-electron chi connectivity index (χ1n) is 7.77. The lowest BCUT2D eigenvalue weighted by Crippen LogP contribution is -2.44. The zero-order chi connectivity index (χ0) is 17.3. The molecular weight excluding hydrogens is 308 g/mol. The largest absolute Gasteiger partial charge is 0.497 e. The third-order valence-electron chi connectivity index (χ3n) is 3.84. The predicted octanol–water partition coefficient (Wildman–Crippen LogP) is 2.63. The van der Waals surface area contributed by atoms with Crippen LogP contribution in [-0.2, 0) is 13.6 Å². The van der Waals surface area contributed by atoms with Crippen molar-refractivity contribution >= 4 is 11.7 Å². The molecule has 0 spiro atoms. The van der Waals surface area contributed by atoms with Crippen molar-refractivity contribution in [1.82, 2.24) is 14.7 Å². The Morgan fingerprint density at radius 3 is 2.88 bits per heavy atom. The van der Waals surface area contributed by atoms with Gasteiger partial charge in [0.2, 0.25) is 0 Å². The summed E-state index contributed by atoms with van der Waals surface area (Å²) < 4.78 is 13.0. The quantitative estimate of drug-likeness (QED) is 0.919. The molecule has 1 aromatic heterocycles. The third-order valence-corrected chi connectivity index (χ3v) is 3.84. The van der Waals surface area contributed by atoms with Crippen LogP contribution < -0.4 is 14.8 Å². The number of nitrogens with zero attached hydrogens (tertiary/aromatic N) is 3. The van der Waals surface area contributed by atoms with Gasteiger partial charge < -0.3 is 19.7 Å². The Morgan fingerprint density at radius 2 is 2.21 bits per heavy atom. The fraction of sp³-hybridized carbons (Fsp3) is 0.412. The Labute approximate surface area is 141 Å². The van der Waals surface area contributed by atoms with Crippen LogP contribution in [0.15, 0.2) is 30.6 Å². The van der Waals surface area contributed by atoms with Crippen molar-refractivity contribution in [2.45, 2.75) is 26.0 Å². The SMILES string of the molecule is COc1ccc2c(c1)OC(C)(C)CN(C(=O)Nc1cnn(C)c1)C2. The summed E-state index contributed by atoms with van der Waals surface area (Å²) in [6, 6.07) is 5.49. The smallest absolute Gasteiger partial charge is 0.322 e. The average Bonchev–Trinajstić information content (AvgIpc) is 2.85. The van der Waals surface area contributed by atoms with Crippen molar-refractivity contribution in [1.29, 1.82) is 0 Å². The Balaban J connectivity index is 1.84. The van der Waals surface area contributed by atoms with Crippen molar-refractivity contribution in [3.8, 4) is 11.5 Å². The Hall–Kier alpha value is -2.70. The summed E-state index contributed by atoms with van der Waals surface area (Å²) in [7, 11) is 3.43. The van der Waals surface area contributed by atoms with Crippen LogP contribution >= 0.6 is 0 Å². The van der Waals surface area contributed by atoms with E-state index >= 15 is 0 Å². The molecule has 0 atom stereocenters. The molecule has 0 unspecified atom stereocenters. The van der Waals surface area contributed by atoms with E-state index in [1.165, 1.54) is 0 Å². The number of hydrogen-bond acceptors (Lipinski definition) is 4. The molecule has 0 saturated carbocycles. The topological polar surface area (TPSA) is 68.6 Å². The summed E-state index contributed by atoms with van der Waals surface area (Å²) in [6.45, 7) is 4.86. The molecule has 128 valence electrons. The molecule has 7 nitrogen and oxygen atoms in total. The van der Waals surface area contributed by atoms with Crippen molar-refractivity contribution < 1.29 is 14.3 Å². The summed E-state index contributed by atoms with van der Waals surface area (Å²) in [5.74, 6) is 1.48. The normalized spacial score (nSPS) is 15.9. The second kappa shape index (κ2) is 6.07. The molecule has 1 aliphatic rings. The molecule has 1 aliphatic heterocycles. The molecule has 0 fully saturated rings.